The van der Waals surface area contributed by atoms with Crippen molar-refractivity contribution >= 4 is 0 Å². The summed E-state index contributed by atoms with van der Waals surface area (Å²) in [6.45, 7) is 4.48. The summed E-state index contributed by atoms with van der Waals surface area (Å²) in [5.41, 5.74) is 2.64. The minimum absolute atomic E-state index is 0.0250. The molecule has 1 atom stereocenters. The molecule has 0 radical (unpaired) electrons. The molecule has 0 N–H and O–H groups in total. The van der Waals surface area contributed by atoms with Crippen molar-refractivity contribution in [3.8, 4) is 12.3 Å². The number of benzene rings is 3. The maximum Gasteiger partial charge on any atom is 0.144 e. The highest BCUT2D eigenvalue weighted by atomic mass is 16.5. The van der Waals surface area contributed by atoms with Gasteiger partial charge < -0.3 is 4.74 Å². The second kappa shape index (κ2) is 10.1. The Morgan fingerprint density at radius 3 is 1.48 bits per heavy atom. The van der Waals surface area contributed by atoms with E-state index in [9.17, 15) is 0 Å². The van der Waals surface area contributed by atoms with Crippen LogP contribution in [0.1, 0.15) is 49.8 Å². The summed E-state index contributed by atoms with van der Waals surface area (Å²) < 4.78 is 7.04. The lowest BCUT2D eigenvalue weighted by atomic mass is 9.79. The molecule has 0 aliphatic heterocycles. The van der Waals surface area contributed by atoms with E-state index < -0.39 is 5.60 Å². The summed E-state index contributed by atoms with van der Waals surface area (Å²) in [6, 6.07) is 31.5. The zero-order chi connectivity index (χ0) is 20.5. The van der Waals surface area contributed by atoms with E-state index >= 15 is 0 Å². The Balaban J connectivity index is 2.17. The molecular formula is C28H30O. The van der Waals surface area contributed by atoms with Crippen LogP contribution in [0.15, 0.2) is 91.0 Å². The van der Waals surface area contributed by atoms with Crippen molar-refractivity contribution in [1.82, 2.24) is 0 Å². The molecule has 0 saturated carbocycles. The molecule has 148 valence electrons. The fraction of sp³-hybridized carbons (Fsp3) is 0.286. The first kappa shape index (κ1) is 20.9. The van der Waals surface area contributed by atoms with Crippen LogP contribution in [0.25, 0.3) is 0 Å². The molecule has 3 aromatic rings. The predicted molar refractivity (Wildman–Crippen MR) is 122 cm³/mol. The molecule has 0 spiro atoms. The summed E-state index contributed by atoms with van der Waals surface area (Å²) in [6.07, 6.45) is 8.34. The van der Waals surface area contributed by atoms with Gasteiger partial charge in [0.25, 0.3) is 0 Å². The Hall–Kier alpha value is -2.82. The number of ether oxygens (including phenoxy) is 1. The Labute approximate surface area is 175 Å². The van der Waals surface area contributed by atoms with E-state index in [0.717, 1.165) is 29.5 Å². The molecule has 0 amide bonds. The summed E-state index contributed by atoms with van der Waals surface area (Å²) in [5, 5.41) is 0. The van der Waals surface area contributed by atoms with Crippen molar-refractivity contribution in [2.45, 2.75) is 44.8 Å². The van der Waals surface area contributed by atoms with Crippen molar-refractivity contribution in [1.29, 1.82) is 0 Å². The highest BCUT2D eigenvalue weighted by Crippen LogP contribution is 2.42. The smallest absolute Gasteiger partial charge is 0.144 e. The highest BCUT2D eigenvalue weighted by molar-refractivity contribution is 5.47. The summed E-state index contributed by atoms with van der Waals surface area (Å²) in [4.78, 5) is 0. The van der Waals surface area contributed by atoms with Gasteiger partial charge in [-0.25, -0.2) is 0 Å². The van der Waals surface area contributed by atoms with Crippen molar-refractivity contribution in [2.75, 3.05) is 0 Å². The molecule has 0 aliphatic rings. The lowest BCUT2D eigenvalue weighted by molar-refractivity contribution is -0.0502. The Bertz CT molecular complexity index is 795. The van der Waals surface area contributed by atoms with Crippen LogP contribution < -0.4 is 0 Å². The largest absolute Gasteiger partial charge is 0.357 e. The van der Waals surface area contributed by atoms with Crippen molar-refractivity contribution in [3.05, 3.63) is 108 Å². The Morgan fingerprint density at radius 2 is 1.14 bits per heavy atom. The van der Waals surface area contributed by atoms with E-state index in [1.54, 1.807) is 0 Å². The predicted octanol–water partition coefficient (Wildman–Crippen LogP) is 6.82. The van der Waals surface area contributed by atoms with Gasteiger partial charge in [-0.3, -0.25) is 0 Å². The van der Waals surface area contributed by atoms with Crippen LogP contribution in [0.4, 0.5) is 0 Å². The SMILES string of the molecule is C#CCC(CCC(C)C)OC(c1ccccc1)(c1ccccc1)c1ccccc1. The van der Waals surface area contributed by atoms with Crippen LogP contribution in [0.3, 0.4) is 0 Å². The van der Waals surface area contributed by atoms with E-state index in [1.807, 2.05) is 18.2 Å². The van der Waals surface area contributed by atoms with Crippen LogP contribution in [0.5, 0.6) is 0 Å². The Morgan fingerprint density at radius 1 is 0.724 bits per heavy atom. The molecule has 1 nitrogen and oxygen atoms in total. The third kappa shape index (κ3) is 4.97. The fourth-order valence-electron chi connectivity index (χ4n) is 3.83. The maximum atomic E-state index is 7.04. The van der Waals surface area contributed by atoms with Crippen molar-refractivity contribution < 1.29 is 4.74 Å². The van der Waals surface area contributed by atoms with Crippen LogP contribution in [-0.2, 0) is 10.3 Å². The number of terminal acetylenes is 1. The molecule has 0 bridgehead atoms. The van der Waals surface area contributed by atoms with Crippen LogP contribution in [-0.4, -0.2) is 6.10 Å². The number of hydrogen-bond acceptors (Lipinski definition) is 1. The lowest BCUT2D eigenvalue weighted by Gasteiger charge is -2.39. The van der Waals surface area contributed by atoms with Gasteiger partial charge in [-0.1, -0.05) is 105 Å². The summed E-state index contributed by atoms with van der Waals surface area (Å²) >= 11 is 0. The van der Waals surface area contributed by atoms with E-state index in [-0.39, 0.29) is 6.10 Å². The van der Waals surface area contributed by atoms with Crippen LogP contribution >= 0.6 is 0 Å². The Kier molecular flexibility index (Phi) is 7.28. The number of rotatable bonds is 9. The monoisotopic (exact) mass is 382 g/mol. The topological polar surface area (TPSA) is 9.23 Å². The molecular weight excluding hydrogens is 352 g/mol. The van der Waals surface area contributed by atoms with Gasteiger partial charge in [0.1, 0.15) is 5.60 Å². The van der Waals surface area contributed by atoms with Crippen LogP contribution in [0.2, 0.25) is 0 Å². The molecule has 3 rings (SSSR count). The van der Waals surface area contributed by atoms with Gasteiger partial charge in [0.05, 0.1) is 6.10 Å². The quantitative estimate of drug-likeness (QED) is 0.291. The highest BCUT2D eigenvalue weighted by Gasteiger charge is 2.39. The lowest BCUT2D eigenvalue weighted by Crippen LogP contribution is -2.37. The normalized spacial score (nSPS) is 12.5. The first-order valence-electron chi connectivity index (χ1n) is 10.4. The molecule has 1 heteroatoms. The molecule has 0 saturated heterocycles. The standard InChI is InChI=1S/C28H30O/c1-4-14-27(22-21-23(2)3)29-28(24-15-8-5-9-16-24,25-17-10-6-11-18-25)26-19-12-7-13-20-26/h1,5-13,15-20,23,27H,14,21-22H2,2-3H3. The first-order valence-corrected chi connectivity index (χ1v) is 10.4. The first-order chi connectivity index (χ1) is 14.2. The molecule has 0 fully saturated rings. The number of hydrogen-bond donors (Lipinski definition) is 0. The van der Waals surface area contributed by atoms with E-state index in [4.69, 9.17) is 11.2 Å². The van der Waals surface area contributed by atoms with Crippen molar-refractivity contribution in [2.24, 2.45) is 5.92 Å². The third-order valence-electron chi connectivity index (χ3n) is 5.30. The zero-order valence-corrected chi connectivity index (χ0v) is 17.4. The zero-order valence-electron chi connectivity index (χ0n) is 17.4. The molecule has 0 heterocycles. The second-order valence-electron chi connectivity index (χ2n) is 7.90. The van der Waals surface area contributed by atoms with E-state index in [1.165, 1.54) is 0 Å². The van der Waals surface area contributed by atoms with Crippen molar-refractivity contribution in [3.63, 3.8) is 0 Å². The molecule has 29 heavy (non-hydrogen) atoms. The summed E-state index contributed by atoms with van der Waals surface area (Å²) in [5.74, 6) is 3.45. The maximum absolute atomic E-state index is 7.04. The average Bonchev–Trinajstić information content (AvgIpc) is 2.77. The molecule has 0 aromatic heterocycles. The third-order valence-corrected chi connectivity index (χ3v) is 5.30. The molecule has 3 aromatic carbocycles. The molecule has 1 unspecified atom stereocenters. The van der Waals surface area contributed by atoms with Gasteiger partial charge in [-0.2, -0.15) is 0 Å². The fourth-order valence-corrected chi connectivity index (χ4v) is 3.83. The minimum atomic E-state index is -0.706. The van der Waals surface area contributed by atoms with Gasteiger partial charge in [0.2, 0.25) is 0 Å². The van der Waals surface area contributed by atoms with E-state index in [0.29, 0.717) is 12.3 Å². The van der Waals surface area contributed by atoms with Crippen LogP contribution in [0, 0.1) is 18.3 Å². The van der Waals surface area contributed by atoms with Gasteiger partial charge in [0, 0.05) is 6.42 Å². The second-order valence-corrected chi connectivity index (χ2v) is 7.90. The van der Waals surface area contributed by atoms with Gasteiger partial charge in [-0.15, -0.1) is 12.3 Å². The minimum Gasteiger partial charge on any atom is -0.357 e. The molecule has 0 aliphatic carbocycles. The van der Waals surface area contributed by atoms with Gasteiger partial charge in [0.15, 0.2) is 0 Å². The van der Waals surface area contributed by atoms with E-state index in [2.05, 4.69) is 92.6 Å². The average molecular weight is 383 g/mol. The van der Waals surface area contributed by atoms with Gasteiger partial charge in [-0.05, 0) is 35.4 Å². The summed E-state index contributed by atoms with van der Waals surface area (Å²) in [7, 11) is 0. The van der Waals surface area contributed by atoms with Gasteiger partial charge >= 0.3 is 0 Å².